The molecule has 4 rings (SSSR count). The normalized spacial score (nSPS) is 13.8. The second-order valence-corrected chi connectivity index (χ2v) is 12.2. The van der Waals surface area contributed by atoms with Crippen molar-refractivity contribution in [2.45, 2.75) is 143 Å². The fraction of sp³-hybridized carbons (Fsp3) is 0.590. The van der Waals surface area contributed by atoms with Gasteiger partial charge in [-0.1, -0.05) is 114 Å². The number of amides is 4. The fourth-order valence-electron chi connectivity index (χ4n) is 5.22. The van der Waals surface area contributed by atoms with Crippen molar-refractivity contribution in [3.8, 4) is 0 Å². The molecule has 2 fully saturated rings. The van der Waals surface area contributed by atoms with Gasteiger partial charge in [0.25, 0.3) is 0 Å². The van der Waals surface area contributed by atoms with Crippen molar-refractivity contribution >= 4 is 23.6 Å². The van der Waals surface area contributed by atoms with E-state index in [4.69, 9.17) is 0 Å². The minimum absolute atomic E-state index is 0.121. The first kappa shape index (κ1) is 41.3. The largest absolute Gasteiger partial charge is 0.356 e. The van der Waals surface area contributed by atoms with Crippen LogP contribution in [0.5, 0.6) is 0 Å². The number of hydrogen-bond donors (Lipinski definition) is 4. The molecule has 8 heteroatoms. The molecule has 0 radical (unpaired) electrons. The van der Waals surface area contributed by atoms with Crippen LogP contribution in [0.4, 0.5) is 0 Å². The van der Waals surface area contributed by atoms with Gasteiger partial charge in [-0.05, 0) is 56.1 Å². The van der Waals surface area contributed by atoms with E-state index in [1.165, 1.54) is 56.9 Å². The van der Waals surface area contributed by atoms with E-state index in [-0.39, 0.29) is 23.6 Å². The highest BCUT2D eigenvalue weighted by atomic mass is 16.2. The molecule has 2 aromatic carbocycles. The van der Waals surface area contributed by atoms with Gasteiger partial charge in [-0.3, -0.25) is 19.2 Å². The van der Waals surface area contributed by atoms with E-state index in [1.54, 1.807) is 0 Å². The second kappa shape index (κ2) is 27.4. The summed E-state index contributed by atoms with van der Waals surface area (Å²) in [7, 11) is 0. The maximum atomic E-state index is 11.1. The zero-order valence-corrected chi connectivity index (χ0v) is 29.6. The Morgan fingerprint density at radius 3 is 1.47 bits per heavy atom. The Bertz CT molecular complexity index is 1100. The maximum Gasteiger partial charge on any atom is 0.220 e. The van der Waals surface area contributed by atoms with Gasteiger partial charge in [-0.15, -0.1) is 0 Å². The number of hydrogen-bond acceptors (Lipinski definition) is 4. The molecule has 0 aliphatic heterocycles. The van der Waals surface area contributed by atoms with Gasteiger partial charge < -0.3 is 21.3 Å². The van der Waals surface area contributed by atoms with Crippen LogP contribution in [0.2, 0.25) is 0 Å². The summed E-state index contributed by atoms with van der Waals surface area (Å²) >= 11 is 0. The molecular weight excluding hydrogens is 588 g/mol. The van der Waals surface area contributed by atoms with Crippen LogP contribution in [0.25, 0.3) is 0 Å². The first-order valence-electron chi connectivity index (χ1n) is 18.0. The van der Waals surface area contributed by atoms with Gasteiger partial charge in [0, 0.05) is 50.9 Å². The Morgan fingerprint density at radius 1 is 0.553 bits per heavy atom. The van der Waals surface area contributed by atoms with E-state index >= 15 is 0 Å². The standard InChI is InChI=1S/2C11H15NO.C9H17NO.C8H15NO/c1-2-11(13)12-9-8-10-6-4-3-5-7-10;1-2-6-11(13)12-9-10-7-4-3-5-8-10;1-2-5-9(11)10-8-6-3-4-7-8;1-2-8(10)9-7-5-3-4-6-7/h3-7H,2,8-9H2,1H3,(H,12,13);3-5,7-8H,2,6,9H2,1H3,(H,12,13);8H,2-7H2,1H3,(H,10,11);7H,2-6H2,1H3,(H,9,10). The van der Waals surface area contributed by atoms with Crippen molar-refractivity contribution in [1.82, 2.24) is 21.3 Å². The minimum atomic E-state index is 0.121. The lowest BCUT2D eigenvalue weighted by atomic mass is 10.1. The lowest BCUT2D eigenvalue weighted by Crippen LogP contribution is -2.32. The zero-order chi connectivity index (χ0) is 34.5. The lowest BCUT2D eigenvalue weighted by Gasteiger charge is -2.10. The van der Waals surface area contributed by atoms with Crippen LogP contribution >= 0.6 is 0 Å². The van der Waals surface area contributed by atoms with E-state index in [1.807, 2.05) is 76.2 Å². The molecule has 0 heterocycles. The van der Waals surface area contributed by atoms with Gasteiger partial charge in [0.1, 0.15) is 0 Å². The number of nitrogens with one attached hydrogen (secondary N) is 4. The van der Waals surface area contributed by atoms with Crippen molar-refractivity contribution in [3.63, 3.8) is 0 Å². The van der Waals surface area contributed by atoms with Crippen LogP contribution in [-0.2, 0) is 32.1 Å². The Kier molecular flexibility index (Phi) is 24.1. The molecule has 47 heavy (non-hydrogen) atoms. The van der Waals surface area contributed by atoms with E-state index < -0.39 is 0 Å². The van der Waals surface area contributed by atoms with E-state index in [9.17, 15) is 19.2 Å². The maximum absolute atomic E-state index is 11.1. The molecule has 2 aromatic rings. The van der Waals surface area contributed by atoms with Gasteiger partial charge in [0.2, 0.25) is 23.6 Å². The van der Waals surface area contributed by atoms with Crippen LogP contribution in [0.3, 0.4) is 0 Å². The Morgan fingerprint density at radius 2 is 1.00 bits per heavy atom. The molecule has 2 saturated carbocycles. The first-order chi connectivity index (χ1) is 22.8. The third kappa shape index (κ3) is 22.5. The summed E-state index contributed by atoms with van der Waals surface area (Å²) in [5.41, 5.74) is 2.41. The lowest BCUT2D eigenvalue weighted by molar-refractivity contribution is -0.122. The van der Waals surface area contributed by atoms with Gasteiger partial charge in [0.15, 0.2) is 0 Å². The van der Waals surface area contributed by atoms with Crippen molar-refractivity contribution < 1.29 is 19.2 Å². The van der Waals surface area contributed by atoms with E-state index in [2.05, 4.69) is 33.4 Å². The van der Waals surface area contributed by atoms with Crippen molar-refractivity contribution in [3.05, 3.63) is 71.8 Å². The number of carbonyl (C=O) groups excluding carboxylic acids is 4. The number of benzene rings is 2. The third-order valence-electron chi connectivity index (χ3n) is 7.95. The molecule has 0 spiro atoms. The second-order valence-electron chi connectivity index (χ2n) is 12.2. The Balaban J connectivity index is 0.000000315. The number of carbonyl (C=O) groups is 4. The molecule has 2 aliphatic carbocycles. The van der Waals surface area contributed by atoms with E-state index in [0.717, 1.165) is 31.4 Å². The Hall–Kier alpha value is -3.68. The summed E-state index contributed by atoms with van der Waals surface area (Å²) in [6, 6.07) is 21.1. The van der Waals surface area contributed by atoms with Crippen LogP contribution in [0.1, 0.15) is 129 Å². The fourth-order valence-corrected chi connectivity index (χ4v) is 5.22. The average molecular weight is 651 g/mol. The molecule has 4 amide bonds. The molecule has 8 nitrogen and oxygen atoms in total. The predicted molar refractivity (Wildman–Crippen MR) is 193 cm³/mol. The summed E-state index contributed by atoms with van der Waals surface area (Å²) in [6.07, 6.45) is 15.2. The van der Waals surface area contributed by atoms with Crippen molar-refractivity contribution in [2.24, 2.45) is 0 Å². The smallest absolute Gasteiger partial charge is 0.220 e. The monoisotopic (exact) mass is 650 g/mol. The van der Waals surface area contributed by atoms with Gasteiger partial charge in [-0.25, -0.2) is 0 Å². The molecule has 0 saturated heterocycles. The summed E-state index contributed by atoms with van der Waals surface area (Å²) in [6.45, 7) is 9.16. The molecule has 0 aromatic heterocycles. The molecular formula is C39H62N4O4. The van der Waals surface area contributed by atoms with Gasteiger partial charge in [-0.2, -0.15) is 0 Å². The SMILES string of the molecule is CCC(=O)NC1CCCC1.CCC(=O)NCCc1ccccc1.CCCC(=O)NC1CCCC1.CCCC(=O)NCc1ccccc1. The summed E-state index contributed by atoms with van der Waals surface area (Å²) in [5.74, 6) is 0.689. The highest BCUT2D eigenvalue weighted by Gasteiger charge is 2.16. The molecule has 262 valence electrons. The molecule has 4 N–H and O–H groups in total. The third-order valence-corrected chi connectivity index (χ3v) is 7.95. The Labute approximate surface area is 284 Å². The highest BCUT2D eigenvalue weighted by molar-refractivity contribution is 5.76. The average Bonchev–Trinajstić information content (AvgIpc) is 3.81. The van der Waals surface area contributed by atoms with Crippen LogP contribution < -0.4 is 21.3 Å². The van der Waals surface area contributed by atoms with Gasteiger partial charge >= 0.3 is 0 Å². The molecule has 2 aliphatic rings. The predicted octanol–water partition coefficient (Wildman–Crippen LogP) is 7.16. The first-order valence-corrected chi connectivity index (χ1v) is 18.0. The van der Waals surface area contributed by atoms with Crippen molar-refractivity contribution in [1.29, 1.82) is 0 Å². The molecule has 0 unspecified atom stereocenters. The van der Waals surface area contributed by atoms with Crippen LogP contribution in [-0.4, -0.2) is 42.3 Å². The quantitative estimate of drug-likeness (QED) is 0.184. The summed E-state index contributed by atoms with van der Waals surface area (Å²) in [4.78, 5) is 43.9. The van der Waals surface area contributed by atoms with Crippen LogP contribution in [0, 0.1) is 0 Å². The minimum Gasteiger partial charge on any atom is -0.356 e. The van der Waals surface area contributed by atoms with Gasteiger partial charge in [0.05, 0.1) is 0 Å². The highest BCUT2D eigenvalue weighted by Crippen LogP contribution is 2.18. The number of rotatable bonds is 13. The molecule has 0 atom stereocenters. The van der Waals surface area contributed by atoms with Crippen LogP contribution in [0.15, 0.2) is 60.7 Å². The van der Waals surface area contributed by atoms with Crippen molar-refractivity contribution in [2.75, 3.05) is 6.54 Å². The zero-order valence-electron chi connectivity index (χ0n) is 29.6. The summed E-state index contributed by atoms with van der Waals surface area (Å²) in [5, 5.41) is 11.7. The molecule has 0 bridgehead atoms. The topological polar surface area (TPSA) is 116 Å². The summed E-state index contributed by atoms with van der Waals surface area (Å²) < 4.78 is 0. The van der Waals surface area contributed by atoms with E-state index in [0.29, 0.717) is 44.3 Å².